The Bertz CT molecular complexity index is 854. The predicted molar refractivity (Wildman–Crippen MR) is 109 cm³/mol. The van der Waals surface area contributed by atoms with E-state index < -0.39 is 30.1 Å². The molecule has 0 aliphatic rings. The van der Waals surface area contributed by atoms with Crippen LogP contribution in [0.5, 0.6) is 5.75 Å². The lowest BCUT2D eigenvalue weighted by molar-refractivity contribution is -0.135. The summed E-state index contributed by atoms with van der Waals surface area (Å²) < 4.78 is 5.51. The van der Waals surface area contributed by atoms with E-state index in [1.54, 1.807) is 6.92 Å². The van der Waals surface area contributed by atoms with E-state index in [9.17, 15) is 24.9 Å². The van der Waals surface area contributed by atoms with E-state index in [0.29, 0.717) is 5.92 Å². The summed E-state index contributed by atoms with van der Waals surface area (Å²) in [5, 5.41) is 28.2. The zero-order chi connectivity index (χ0) is 21.7. The van der Waals surface area contributed by atoms with Crippen molar-refractivity contribution < 1.29 is 29.6 Å². The van der Waals surface area contributed by atoms with Gasteiger partial charge in [-0.15, -0.1) is 0 Å². The molecule has 3 N–H and O–H groups in total. The van der Waals surface area contributed by atoms with Crippen molar-refractivity contribution in [2.75, 3.05) is 0 Å². The summed E-state index contributed by atoms with van der Waals surface area (Å²) in [6, 6.07) is 11.8. The SMILES string of the molecule is CC(C)Cc1ccc(C(C)C(=O)Oc2ccc(C(=O)O)cc2C(C)C(O)O)cc1. The second-order valence-electron chi connectivity index (χ2n) is 7.74. The van der Waals surface area contributed by atoms with Crippen molar-refractivity contribution >= 4 is 11.9 Å². The predicted octanol–water partition coefficient (Wildman–Crippen LogP) is 3.71. The van der Waals surface area contributed by atoms with Crippen LogP contribution in [0.3, 0.4) is 0 Å². The number of carboxylic acid groups (broad SMARTS) is 1. The van der Waals surface area contributed by atoms with Crippen molar-refractivity contribution in [3.8, 4) is 5.75 Å². The van der Waals surface area contributed by atoms with E-state index in [2.05, 4.69) is 13.8 Å². The summed E-state index contributed by atoms with van der Waals surface area (Å²) in [7, 11) is 0. The maximum Gasteiger partial charge on any atom is 0.335 e. The zero-order valence-corrected chi connectivity index (χ0v) is 17.1. The lowest BCUT2D eigenvalue weighted by atomic mass is 9.96. The molecule has 2 aromatic carbocycles. The zero-order valence-electron chi connectivity index (χ0n) is 17.1. The minimum absolute atomic E-state index is 0.0268. The highest BCUT2D eigenvalue weighted by Crippen LogP contribution is 2.31. The van der Waals surface area contributed by atoms with Crippen LogP contribution in [-0.4, -0.2) is 33.5 Å². The van der Waals surface area contributed by atoms with Gasteiger partial charge in [0.1, 0.15) is 5.75 Å². The lowest BCUT2D eigenvalue weighted by Crippen LogP contribution is -2.20. The van der Waals surface area contributed by atoms with E-state index in [4.69, 9.17) is 4.74 Å². The van der Waals surface area contributed by atoms with Gasteiger partial charge in [0.05, 0.1) is 11.5 Å². The molecule has 0 aliphatic carbocycles. The summed E-state index contributed by atoms with van der Waals surface area (Å²) in [6.07, 6.45) is -0.762. The number of esters is 1. The van der Waals surface area contributed by atoms with E-state index in [0.717, 1.165) is 12.0 Å². The minimum Gasteiger partial charge on any atom is -0.478 e. The molecule has 0 saturated carbocycles. The molecule has 0 heterocycles. The lowest BCUT2D eigenvalue weighted by Gasteiger charge is -2.20. The van der Waals surface area contributed by atoms with E-state index in [1.807, 2.05) is 24.3 Å². The van der Waals surface area contributed by atoms with Crippen molar-refractivity contribution in [1.82, 2.24) is 0 Å². The van der Waals surface area contributed by atoms with Crippen molar-refractivity contribution in [3.63, 3.8) is 0 Å². The number of carbonyl (C=O) groups is 2. The molecule has 0 radical (unpaired) electrons. The summed E-state index contributed by atoms with van der Waals surface area (Å²) in [5.41, 5.74) is 2.22. The highest BCUT2D eigenvalue weighted by molar-refractivity contribution is 5.88. The Kier molecular flexibility index (Phi) is 7.53. The van der Waals surface area contributed by atoms with Crippen LogP contribution >= 0.6 is 0 Å². The Morgan fingerprint density at radius 1 is 0.966 bits per heavy atom. The summed E-state index contributed by atoms with van der Waals surface area (Å²) in [4.78, 5) is 23.9. The first-order chi connectivity index (χ1) is 13.6. The molecule has 2 rings (SSSR count). The Morgan fingerprint density at radius 2 is 1.59 bits per heavy atom. The number of aliphatic hydroxyl groups excluding tert-OH is 1. The van der Waals surface area contributed by atoms with Gasteiger partial charge in [-0.25, -0.2) is 4.79 Å². The molecule has 0 aromatic heterocycles. The molecule has 0 bridgehead atoms. The molecule has 0 amide bonds. The Balaban J connectivity index is 2.23. The average Bonchev–Trinajstić information content (AvgIpc) is 2.67. The highest BCUT2D eigenvalue weighted by Gasteiger charge is 2.24. The molecule has 0 spiro atoms. The number of carboxylic acids is 1. The second-order valence-corrected chi connectivity index (χ2v) is 7.74. The van der Waals surface area contributed by atoms with Crippen molar-refractivity contribution in [1.29, 1.82) is 0 Å². The topological polar surface area (TPSA) is 104 Å². The van der Waals surface area contributed by atoms with Crippen LogP contribution < -0.4 is 4.74 Å². The normalized spacial score (nSPS) is 13.4. The number of benzene rings is 2. The number of hydrogen-bond donors (Lipinski definition) is 3. The molecule has 2 atom stereocenters. The molecule has 156 valence electrons. The first-order valence-corrected chi connectivity index (χ1v) is 9.64. The van der Waals surface area contributed by atoms with Gasteiger partial charge >= 0.3 is 11.9 Å². The first-order valence-electron chi connectivity index (χ1n) is 9.64. The van der Waals surface area contributed by atoms with E-state index in [-0.39, 0.29) is 16.9 Å². The van der Waals surface area contributed by atoms with Gasteiger partial charge in [0.15, 0.2) is 6.29 Å². The van der Waals surface area contributed by atoms with Crippen LogP contribution in [0.2, 0.25) is 0 Å². The summed E-state index contributed by atoms with van der Waals surface area (Å²) in [5.74, 6) is -2.38. The molecular weight excluding hydrogens is 372 g/mol. The number of aromatic carboxylic acids is 1. The van der Waals surface area contributed by atoms with Gasteiger partial charge in [-0.1, -0.05) is 45.0 Å². The van der Waals surface area contributed by atoms with Crippen LogP contribution in [0, 0.1) is 5.92 Å². The smallest absolute Gasteiger partial charge is 0.335 e. The largest absolute Gasteiger partial charge is 0.478 e. The summed E-state index contributed by atoms with van der Waals surface area (Å²) >= 11 is 0. The molecule has 2 unspecified atom stereocenters. The highest BCUT2D eigenvalue weighted by atomic mass is 16.5. The van der Waals surface area contributed by atoms with Gasteiger partial charge in [-0.05, 0) is 48.6 Å². The Morgan fingerprint density at radius 3 is 2.10 bits per heavy atom. The third-order valence-corrected chi connectivity index (χ3v) is 4.88. The molecule has 0 saturated heterocycles. The molecular formula is C23H28O6. The first kappa shape index (κ1) is 22.6. The second kappa shape index (κ2) is 9.67. The van der Waals surface area contributed by atoms with E-state index >= 15 is 0 Å². The fourth-order valence-corrected chi connectivity index (χ4v) is 3.04. The molecule has 29 heavy (non-hydrogen) atoms. The van der Waals surface area contributed by atoms with Crippen LogP contribution in [0.15, 0.2) is 42.5 Å². The molecule has 0 fully saturated rings. The third kappa shape index (κ3) is 5.89. The van der Waals surface area contributed by atoms with Crippen molar-refractivity contribution in [2.45, 2.75) is 52.2 Å². The van der Waals surface area contributed by atoms with Crippen molar-refractivity contribution in [3.05, 3.63) is 64.7 Å². The van der Waals surface area contributed by atoms with Gasteiger partial charge in [-0.2, -0.15) is 0 Å². The van der Waals surface area contributed by atoms with Crippen LogP contribution in [0.4, 0.5) is 0 Å². The van der Waals surface area contributed by atoms with Gasteiger partial charge in [0, 0.05) is 11.5 Å². The number of rotatable bonds is 8. The third-order valence-electron chi connectivity index (χ3n) is 4.88. The maximum atomic E-state index is 12.7. The quantitative estimate of drug-likeness (QED) is 0.355. The number of aliphatic hydroxyl groups is 2. The van der Waals surface area contributed by atoms with E-state index in [1.165, 1.54) is 30.7 Å². The molecule has 0 aliphatic heterocycles. The molecule has 6 nitrogen and oxygen atoms in total. The van der Waals surface area contributed by atoms with Crippen LogP contribution in [0.25, 0.3) is 0 Å². The number of ether oxygens (including phenoxy) is 1. The van der Waals surface area contributed by atoms with Gasteiger partial charge in [0.2, 0.25) is 0 Å². The standard InChI is InChI=1S/C23H28O6/c1-13(2)11-16-5-7-17(8-6-16)14(3)23(28)29-20-10-9-18(22(26)27)12-19(20)15(4)21(24)25/h5-10,12-15,21,24-25H,11H2,1-4H3,(H,26,27). The van der Waals surface area contributed by atoms with Crippen LogP contribution in [-0.2, 0) is 11.2 Å². The Labute approximate surface area is 170 Å². The van der Waals surface area contributed by atoms with Crippen molar-refractivity contribution in [2.24, 2.45) is 5.92 Å². The molecule has 6 heteroatoms. The Hall–Kier alpha value is -2.70. The van der Waals surface area contributed by atoms with Gasteiger partial charge in [-0.3, -0.25) is 4.79 Å². The monoisotopic (exact) mass is 400 g/mol. The summed E-state index contributed by atoms with van der Waals surface area (Å²) in [6.45, 7) is 7.53. The average molecular weight is 400 g/mol. The fraction of sp³-hybridized carbons (Fsp3) is 0.391. The fourth-order valence-electron chi connectivity index (χ4n) is 3.04. The maximum absolute atomic E-state index is 12.7. The number of hydrogen-bond acceptors (Lipinski definition) is 5. The molecule has 2 aromatic rings. The van der Waals surface area contributed by atoms with Crippen LogP contribution in [0.1, 0.15) is 66.6 Å². The van der Waals surface area contributed by atoms with Gasteiger partial charge in [0.25, 0.3) is 0 Å². The van der Waals surface area contributed by atoms with Gasteiger partial charge < -0.3 is 20.1 Å². The minimum atomic E-state index is -1.72. The number of carbonyl (C=O) groups excluding carboxylic acids is 1.